The first-order chi connectivity index (χ1) is 13.1. The molecule has 1 amide bonds. The van der Waals surface area contributed by atoms with Crippen LogP contribution in [-0.2, 0) is 14.8 Å². The Balaban J connectivity index is 1.97. The molecule has 2 N–H and O–H groups in total. The Hall–Kier alpha value is -2.09. The standard InChI is InChI=1S/C20H25ClN2O4S/c1-13(2)15-5-7-16(8-6-15)22-20(24)12-27-19-10-9-17(11-18(19)21)28(25,26)23-14(3)4/h5-11,13-14,23H,12H2,1-4H3,(H,22,24). The summed E-state index contributed by atoms with van der Waals surface area (Å²) < 4.78 is 32.2. The summed E-state index contributed by atoms with van der Waals surface area (Å²) in [5.41, 5.74) is 1.85. The van der Waals surface area contributed by atoms with Gasteiger partial charge in [-0.25, -0.2) is 13.1 Å². The van der Waals surface area contributed by atoms with Gasteiger partial charge < -0.3 is 10.1 Å². The van der Waals surface area contributed by atoms with Crippen LogP contribution in [0.4, 0.5) is 5.69 Å². The fourth-order valence-electron chi connectivity index (χ4n) is 2.44. The lowest BCUT2D eigenvalue weighted by molar-refractivity contribution is -0.118. The Morgan fingerprint density at radius 2 is 1.71 bits per heavy atom. The number of hydrogen-bond donors (Lipinski definition) is 2. The van der Waals surface area contributed by atoms with Crippen LogP contribution >= 0.6 is 11.6 Å². The van der Waals surface area contributed by atoms with Crippen molar-refractivity contribution < 1.29 is 17.9 Å². The van der Waals surface area contributed by atoms with E-state index >= 15 is 0 Å². The Labute approximate surface area is 171 Å². The molecule has 28 heavy (non-hydrogen) atoms. The Bertz CT molecular complexity index is 926. The number of carbonyl (C=O) groups is 1. The molecule has 8 heteroatoms. The zero-order valence-electron chi connectivity index (χ0n) is 16.3. The number of rotatable bonds is 8. The van der Waals surface area contributed by atoms with E-state index in [1.54, 1.807) is 13.8 Å². The molecular formula is C20H25ClN2O4S. The van der Waals surface area contributed by atoms with Crippen molar-refractivity contribution in [1.82, 2.24) is 4.72 Å². The number of halogens is 1. The number of benzene rings is 2. The van der Waals surface area contributed by atoms with E-state index in [9.17, 15) is 13.2 Å². The van der Waals surface area contributed by atoms with E-state index in [0.717, 1.165) is 0 Å². The smallest absolute Gasteiger partial charge is 0.262 e. The monoisotopic (exact) mass is 424 g/mol. The molecule has 2 rings (SSSR count). The van der Waals surface area contributed by atoms with Gasteiger partial charge in [-0.15, -0.1) is 0 Å². The van der Waals surface area contributed by atoms with Crippen LogP contribution in [0, 0.1) is 0 Å². The van der Waals surface area contributed by atoms with Crippen molar-refractivity contribution >= 4 is 33.2 Å². The third kappa shape index (κ3) is 6.22. The van der Waals surface area contributed by atoms with E-state index in [1.807, 2.05) is 24.3 Å². The lowest BCUT2D eigenvalue weighted by Crippen LogP contribution is -2.30. The summed E-state index contributed by atoms with van der Waals surface area (Å²) in [5.74, 6) is 0.305. The van der Waals surface area contributed by atoms with Gasteiger partial charge in [0, 0.05) is 11.7 Å². The molecule has 0 aromatic heterocycles. The lowest BCUT2D eigenvalue weighted by Gasteiger charge is -2.12. The zero-order valence-corrected chi connectivity index (χ0v) is 17.9. The zero-order chi connectivity index (χ0) is 20.9. The van der Waals surface area contributed by atoms with Crippen LogP contribution in [0.25, 0.3) is 0 Å². The molecule has 0 fully saturated rings. The van der Waals surface area contributed by atoms with Crippen molar-refractivity contribution in [1.29, 1.82) is 0 Å². The van der Waals surface area contributed by atoms with Crippen molar-refractivity contribution in [3.05, 3.63) is 53.1 Å². The number of hydrogen-bond acceptors (Lipinski definition) is 4. The minimum atomic E-state index is -3.65. The van der Waals surface area contributed by atoms with E-state index in [-0.39, 0.29) is 34.2 Å². The first-order valence-corrected chi connectivity index (χ1v) is 10.8. The van der Waals surface area contributed by atoms with Crippen LogP contribution in [0.2, 0.25) is 5.02 Å². The molecule has 152 valence electrons. The van der Waals surface area contributed by atoms with Gasteiger partial charge in [-0.05, 0) is 55.7 Å². The van der Waals surface area contributed by atoms with Gasteiger partial charge in [0.1, 0.15) is 5.75 Å². The molecule has 0 unspecified atom stereocenters. The van der Waals surface area contributed by atoms with Gasteiger partial charge in [-0.1, -0.05) is 37.6 Å². The molecule has 0 radical (unpaired) electrons. The number of anilines is 1. The molecule has 0 bridgehead atoms. The highest BCUT2D eigenvalue weighted by Crippen LogP contribution is 2.27. The molecule has 0 atom stereocenters. The Morgan fingerprint density at radius 3 is 2.25 bits per heavy atom. The average molecular weight is 425 g/mol. The predicted molar refractivity (Wildman–Crippen MR) is 112 cm³/mol. The van der Waals surface area contributed by atoms with Gasteiger partial charge in [0.05, 0.1) is 9.92 Å². The summed E-state index contributed by atoms with van der Waals surface area (Å²) in [4.78, 5) is 12.1. The Morgan fingerprint density at radius 1 is 1.07 bits per heavy atom. The largest absolute Gasteiger partial charge is 0.482 e. The third-order valence-electron chi connectivity index (χ3n) is 3.82. The fraction of sp³-hybridized carbons (Fsp3) is 0.350. The van der Waals surface area contributed by atoms with Crippen LogP contribution in [-0.4, -0.2) is 27.0 Å². The predicted octanol–water partition coefficient (Wildman–Crippen LogP) is 4.17. The van der Waals surface area contributed by atoms with Gasteiger partial charge in [0.15, 0.2) is 6.61 Å². The molecule has 6 nitrogen and oxygen atoms in total. The lowest BCUT2D eigenvalue weighted by atomic mass is 10.0. The molecule has 0 aliphatic rings. The molecule has 0 spiro atoms. The SMILES string of the molecule is CC(C)NS(=O)(=O)c1ccc(OCC(=O)Nc2ccc(C(C)C)cc2)c(Cl)c1. The average Bonchev–Trinajstić information content (AvgIpc) is 2.60. The summed E-state index contributed by atoms with van der Waals surface area (Å²) >= 11 is 6.11. The van der Waals surface area contributed by atoms with Crippen molar-refractivity contribution in [2.24, 2.45) is 0 Å². The molecule has 0 aliphatic heterocycles. The second-order valence-corrected chi connectivity index (χ2v) is 9.10. The molecule has 0 aliphatic carbocycles. The van der Waals surface area contributed by atoms with Crippen LogP contribution in [0.5, 0.6) is 5.75 Å². The van der Waals surface area contributed by atoms with Crippen molar-refractivity contribution in [2.45, 2.75) is 44.6 Å². The van der Waals surface area contributed by atoms with E-state index in [1.165, 1.54) is 23.8 Å². The first kappa shape index (κ1) is 22.2. The maximum absolute atomic E-state index is 12.2. The van der Waals surface area contributed by atoms with Crippen molar-refractivity contribution in [3.63, 3.8) is 0 Å². The summed E-state index contributed by atoms with van der Waals surface area (Å²) in [6.45, 7) is 7.40. The molecule has 0 saturated carbocycles. The maximum atomic E-state index is 12.2. The summed E-state index contributed by atoms with van der Waals surface area (Å²) in [7, 11) is -3.65. The van der Waals surface area contributed by atoms with E-state index in [4.69, 9.17) is 16.3 Å². The molecule has 0 saturated heterocycles. The van der Waals surface area contributed by atoms with E-state index in [0.29, 0.717) is 11.6 Å². The highest BCUT2D eigenvalue weighted by molar-refractivity contribution is 7.89. The quantitative estimate of drug-likeness (QED) is 0.666. The van der Waals surface area contributed by atoms with Crippen LogP contribution in [0.1, 0.15) is 39.2 Å². The highest BCUT2D eigenvalue weighted by Gasteiger charge is 2.17. The number of ether oxygens (including phenoxy) is 1. The van der Waals surface area contributed by atoms with Crippen LogP contribution < -0.4 is 14.8 Å². The second-order valence-electron chi connectivity index (χ2n) is 6.98. The van der Waals surface area contributed by atoms with E-state index < -0.39 is 10.0 Å². The van der Waals surface area contributed by atoms with Crippen molar-refractivity contribution in [3.8, 4) is 5.75 Å². The Kier molecular flexibility index (Phi) is 7.46. The highest BCUT2D eigenvalue weighted by atomic mass is 35.5. The maximum Gasteiger partial charge on any atom is 0.262 e. The fourth-order valence-corrected chi connectivity index (χ4v) is 4.01. The minimum Gasteiger partial charge on any atom is -0.482 e. The van der Waals surface area contributed by atoms with Crippen LogP contribution in [0.3, 0.4) is 0 Å². The van der Waals surface area contributed by atoms with Gasteiger partial charge in [0.2, 0.25) is 10.0 Å². The number of sulfonamides is 1. The first-order valence-electron chi connectivity index (χ1n) is 8.93. The molecule has 2 aromatic rings. The molecular weight excluding hydrogens is 400 g/mol. The van der Waals surface area contributed by atoms with Crippen LogP contribution in [0.15, 0.2) is 47.4 Å². The topological polar surface area (TPSA) is 84.5 Å². The van der Waals surface area contributed by atoms with Gasteiger partial charge >= 0.3 is 0 Å². The second kappa shape index (κ2) is 9.41. The molecule has 0 heterocycles. The number of carbonyl (C=O) groups excluding carboxylic acids is 1. The van der Waals surface area contributed by atoms with Gasteiger partial charge in [-0.2, -0.15) is 0 Å². The van der Waals surface area contributed by atoms with Gasteiger partial charge in [0.25, 0.3) is 5.91 Å². The van der Waals surface area contributed by atoms with E-state index in [2.05, 4.69) is 23.9 Å². The number of nitrogens with one attached hydrogen (secondary N) is 2. The normalized spacial score (nSPS) is 11.7. The third-order valence-corrected chi connectivity index (χ3v) is 5.78. The van der Waals surface area contributed by atoms with Gasteiger partial charge in [-0.3, -0.25) is 4.79 Å². The molecule has 2 aromatic carbocycles. The minimum absolute atomic E-state index is 0.0354. The summed E-state index contributed by atoms with van der Waals surface area (Å²) in [6, 6.07) is 11.5. The summed E-state index contributed by atoms with van der Waals surface area (Å²) in [6.07, 6.45) is 0. The van der Waals surface area contributed by atoms with Crippen molar-refractivity contribution in [2.75, 3.05) is 11.9 Å². The summed E-state index contributed by atoms with van der Waals surface area (Å²) in [5, 5.41) is 2.85. The number of amides is 1.